The highest BCUT2D eigenvalue weighted by Crippen LogP contribution is 2.25. The molecule has 152 valence electrons. The average Bonchev–Trinajstić information content (AvgIpc) is 3.41. The molecule has 2 N–H and O–H groups in total. The summed E-state index contributed by atoms with van der Waals surface area (Å²) in [6, 6.07) is 5.76. The molecular formula is C20H25N7O2. The zero-order valence-corrected chi connectivity index (χ0v) is 16.7. The summed E-state index contributed by atoms with van der Waals surface area (Å²) >= 11 is 0. The maximum atomic E-state index is 5.91. The number of tetrazole rings is 1. The topological polar surface area (TPSA) is 103 Å². The second-order valence-electron chi connectivity index (χ2n) is 7.34. The normalized spacial score (nSPS) is 20.2. The van der Waals surface area contributed by atoms with Crippen LogP contribution >= 0.6 is 0 Å². The maximum Gasteiger partial charge on any atom is 0.177 e. The van der Waals surface area contributed by atoms with Gasteiger partial charge in [0.25, 0.3) is 0 Å². The van der Waals surface area contributed by atoms with Gasteiger partial charge in [-0.2, -0.15) is 0 Å². The molecule has 9 nitrogen and oxygen atoms in total. The van der Waals surface area contributed by atoms with Crippen LogP contribution in [0.15, 0.2) is 48.8 Å². The van der Waals surface area contributed by atoms with Crippen LogP contribution in [0.4, 0.5) is 5.69 Å². The zero-order chi connectivity index (χ0) is 20.3. The van der Waals surface area contributed by atoms with E-state index in [2.05, 4.69) is 30.8 Å². The largest absolute Gasteiger partial charge is 0.372 e. The Bertz CT molecular complexity index is 1020. The number of hydrogen-bond acceptors (Lipinski definition) is 7. The van der Waals surface area contributed by atoms with Crippen LogP contribution in [0.1, 0.15) is 32.6 Å². The smallest absolute Gasteiger partial charge is 0.177 e. The number of imidazole rings is 1. The molecule has 3 heterocycles. The molecule has 0 aliphatic carbocycles. The van der Waals surface area contributed by atoms with E-state index < -0.39 is 5.79 Å². The van der Waals surface area contributed by atoms with Crippen LogP contribution in [0.2, 0.25) is 0 Å². The molecule has 0 spiro atoms. The van der Waals surface area contributed by atoms with Crippen molar-refractivity contribution in [3.05, 3.63) is 54.7 Å². The molecule has 1 aliphatic rings. The van der Waals surface area contributed by atoms with Gasteiger partial charge in [-0.25, -0.2) is 9.67 Å². The van der Waals surface area contributed by atoms with Crippen LogP contribution in [-0.2, 0) is 16.0 Å². The summed E-state index contributed by atoms with van der Waals surface area (Å²) < 4.78 is 13.3. The van der Waals surface area contributed by atoms with Gasteiger partial charge in [-0.1, -0.05) is 24.3 Å². The predicted molar refractivity (Wildman–Crippen MR) is 109 cm³/mol. The van der Waals surface area contributed by atoms with Gasteiger partial charge in [-0.3, -0.25) is 0 Å². The highest BCUT2D eigenvalue weighted by atomic mass is 16.7. The van der Waals surface area contributed by atoms with Crippen molar-refractivity contribution in [2.24, 2.45) is 0 Å². The van der Waals surface area contributed by atoms with Gasteiger partial charge in [0.1, 0.15) is 12.1 Å². The van der Waals surface area contributed by atoms with Gasteiger partial charge in [0.05, 0.1) is 30.5 Å². The Hall–Kier alpha value is -3.04. The van der Waals surface area contributed by atoms with Crippen molar-refractivity contribution in [3.63, 3.8) is 0 Å². The molecule has 1 aromatic carbocycles. The summed E-state index contributed by atoms with van der Waals surface area (Å²) in [5.74, 6) is 0.113. The van der Waals surface area contributed by atoms with Gasteiger partial charge in [0.2, 0.25) is 0 Å². The molecule has 3 aromatic rings. The van der Waals surface area contributed by atoms with Crippen molar-refractivity contribution >= 4 is 16.7 Å². The van der Waals surface area contributed by atoms with E-state index in [4.69, 9.17) is 9.47 Å². The third-order valence-electron chi connectivity index (χ3n) is 4.63. The van der Waals surface area contributed by atoms with E-state index in [1.807, 2.05) is 63.3 Å². The molecule has 1 saturated heterocycles. The molecule has 0 amide bonds. The van der Waals surface area contributed by atoms with Crippen LogP contribution in [0, 0.1) is 0 Å². The van der Waals surface area contributed by atoms with Gasteiger partial charge < -0.3 is 19.8 Å². The van der Waals surface area contributed by atoms with E-state index in [0.29, 0.717) is 19.0 Å². The average molecular weight is 395 g/mol. The third-order valence-corrected chi connectivity index (χ3v) is 4.63. The molecule has 0 bridgehead atoms. The molecule has 2 aromatic heterocycles. The maximum absolute atomic E-state index is 5.91. The number of nitrogens with zero attached hydrogens (tertiary/aromatic N) is 5. The van der Waals surface area contributed by atoms with Crippen molar-refractivity contribution in [1.29, 1.82) is 0 Å². The molecule has 9 heteroatoms. The first-order valence-electron chi connectivity index (χ1n) is 9.61. The van der Waals surface area contributed by atoms with Crippen LogP contribution in [0.25, 0.3) is 11.0 Å². The van der Waals surface area contributed by atoms with Crippen LogP contribution in [0.3, 0.4) is 0 Å². The molecule has 2 atom stereocenters. The Morgan fingerprint density at radius 1 is 1.38 bits per heavy atom. The van der Waals surface area contributed by atoms with E-state index in [9.17, 15) is 0 Å². The van der Waals surface area contributed by atoms with Crippen molar-refractivity contribution in [1.82, 2.24) is 30.2 Å². The fraction of sp³-hybridized carbons (Fsp3) is 0.400. The lowest BCUT2D eigenvalue weighted by molar-refractivity contribution is -0.140. The first-order valence-corrected chi connectivity index (χ1v) is 9.61. The zero-order valence-electron chi connectivity index (χ0n) is 16.7. The van der Waals surface area contributed by atoms with Crippen LogP contribution < -0.4 is 5.32 Å². The lowest BCUT2D eigenvalue weighted by Gasteiger charge is -2.19. The summed E-state index contributed by atoms with van der Waals surface area (Å²) in [6.45, 7) is 6.81. The minimum atomic E-state index is -0.582. The lowest BCUT2D eigenvalue weighted by atomic mass is 10.2. The second-order valence-corrected chi connectivity index (χ2v) is 7.34. The van der Waals surface area contributed by atoms with E-state index >= 15 is 0 Å². The monoisotopic (exact) mass is 395 g/mol. The number of nitrogens with one attached hydrogen (secondary N) is 2. The molecule has 0 radical (unpaired) electrons. The minimum absolute atomic E-state index is 0.104. The number of H-pyrrole nitrogens is 1. The molecule has 29 heavy (non-hydrogen) atoms. The highest BCUT2D eigenvalue weighted by Gasteiger charge is 2.33. The Balaban J connectivity index is 1.57. The summed E-state index contributed by atoms with van der Waals surface area (Å²) in [5.41, 5.74) is 2.81. The molecule has 2 unspecified atom stereocenters. The number of rotatable bonds is 7. The van der Waals surface area contributed by atoms with E-state index in [-0.39, 0.29) is 12.1 Å². The quantitative estimate of drug-likeness (QED) is 0.593. The van der Waals surface area contributed by atoms with Gasteiger partial charge in [0.15, 0.2) is 11.6 Å². The fourth-order valence-electron chi connectivity index (χ4n) is 3.30. The Labute approximate surface area is 168 Å². The molecule has 0 saturated carbocycles. The van der Waals surface area contributed by atoms with Gasteiger partial charge >= 0.3 is 0 Å². The van der Waals surface area contributed by atoms with Crippen molar-refractivity contribution in [2.45, 2.75) is 45.2 Å². The summed E-state index contributed by atoms with van der Waals surface area (Å²) in [6.07, 6.45) is 9.51. The predicted octanol–water partition coefficient (Wildman–Crippen LogP) is 2.99. The Kier molecular flexibility index (Phi) is 5.41. The number of ether oxygens (including phenoxy) is 2. The number of hydrogen-bond donors (Lipinski definition) is 2. The van der Waals surface area contributed by atoms with E-state index in [0.717, 1.165) is 16.7 Å². The number of anilines is 1. The highest BCUT2D eigenvalue weighted by molar-refractivity contribution is 5.78. The first-order chi connectivity index (χ1) is 14.0. The number of aromatic nitrogens is 6. The summed E-state index contributed by atoms with van der Waals surface area (Å²) in [4.78, 5) is 7.43. The van der Waals surface area contributed by atoms with Gasteiger partial charge in [-0.05, 0) is 49.4 Å². The Morgan fingerprint density at radius 3 is 3.07 bits per heavy atom. The van der Waals surface area contributed by atoms with Gasteiger partial charge in [0, 0.05) is 5.69 Å². The lowest BCUT2D eigenvalue weighted by Crippen LogP contribution is -2.26. The van der Waals surface area contributed by atoms with Gasteiger partial charge in [-0.15, -0.1) is 5.10 Å². The van der Waals surface area contributed by atoms with Crippen molar-refractivity contribution in [2.75, 3.05) is 11.9 Å². The van der Waals surface area contributed by atoms with Crippen molar-refractivity contribution < 1.29 is 9.47 Å². The standard InChI is InChI=1S/C20H25N7O2/c1-4-5-6-7-17(23-14-8-9-16-18(10-14)22-13-21-16)19-24-25-26-27(19)11-15-12-28-20(2,3)29-15/h4-10,13,15,17,23H,11-12H2,1-3H3,(H,21,22)/b5-4+,7-6+. The SMILES string of the molecule is C/C=C/C=C/C(Nc1ccc2[nH]cnc2c1)c1nnnn1CC1COC(C)(C)O1. The summed E-state index contributed by atoms with van der Waals surface area (Å²) in [5, 5.41) is 15.8. The van der Waals surface area contributed by atoms with Crippen LogP contribution in [-0.4, -0.2) is 48.7 Å². The first kappa shape index (κ1) is 19.3. The number of benzene rings is 1. The third kappa shape index (κ3) is 4.52. The molecule has 1 aliphatic heterocycles. The molecule has 1 fully saturated rings. The number of fused-ring (bicyclic) bond motifs is 1. The Morgan fingerprint density at radius 2 is 2.28 bits per heavy atom. The second kappa shape index (κ2) is 8.14. The number of aromatic amines is 1. The van der Waals surface area contributed by atoms with Crippen LogP contribution in [0.5, 0.6) is 0 Å². The fourth-order valence-corrected chi connectivity index (χ4v) is 3.30. The molecular weight excluding hydrogens is 370 g/mol. The summed E-state index contributed by atoms with van der Waals surface area (Å²) in [7, 11) is 0. The van der Waals surface area contributed by atoms with Crippen molar-refractivity contribution in [3.8, 4) is 0 Å². The number of allylic oxidation sites excluding steroid dienone is 3. The van der Waals surface area contributed by atoms with E-state index in [1.165, 1.54) is 0 Å². The van der Waals surface area contributed by atoms with E-state index in [1.54, 1.807) is 11.0 Å². The minimum Gasteiger partial charge on any atom is -0.372 e. The molecule has 4 rings (SSSR count).